The van der Waals surface area contributed by atoms with E-state index in [1.54, 1.807) is 0 Å². The van der Waals surface area contributed by atoms with Crippen LogP contribution in [0.15, 0.2) is 11.6 Å². The van der Waals surface area contributed by atoms with Crippen molar-refractivity contribution in [1.29, 1.82) is 5.26 Å². The van der Waals surface area contributed by atoms with Crippen molar-refractivity contribution in [2.45, 2.75) is 59.3 Å². The number of carbonyl (C=O) groups excluding carboxylic acids is 1. The van der Waals surface area contributed by atoms with Gasteiger partial charge < -0.3 is 0 Å². The molecule has 2 heteroatoms. The number of fused-ring (bicyclic) bond motifs is 7. The van der Waals surface area contributed by atoms with Gasteiger partial charge in [-0.3, -0.25) is 4.79 Å². The lowest BCUT2D eigenvalue weighted by Crippen LogP contribution is -2.52. The number of nitrogens with zero attached hydrogens (tertiary/aromatic N) is 1. The standard InChI is InChI=1S/C22H29NO/c1-12-8-13-9-14(24)4-5-15(13)16-6-7-21(2)20(19(12)16)17-10-18(17)22(21,3)11-23/h9,12,15-20H,4-8,10H2,1-3H3/t12-,15-,16+,17+,18-,19+,20-,21-,22-/m0/s1. The van der Waals surface area contributed by atoms with Crippen LogP contribution in [0, 0.1) is 63.6 Å². The van der Waals surface area contributed by atoms with Crippen LogP contribution < -0.4 is 0 Å². The summed E-state index contributed by atoms with van der Waals surface area (Å²) in [4.78, 5) is 11.9. The van der Waals surface area contributed by atoms with Crippen LogP contribution in [0.25, 0.3) is 0 Å². The summed E-state index contributed by atoms with van der Waals surface area (Å²) >= 11 is 0. The largest absolute Gasteiger partial charge is 0.295 e. The van der Waals surface area contributed by atoms with E-state index in [-0.39, 0.29) is 10.8 Å². The smallest absolute Gasteiger partial charge is 0.155 e. The predicted octanol–water partition coefficient (Wildman–Crippen LogP) is 4.76. The number of hydrogen-bond acceptors (Lipinski definition) is 2. The second-order valence-corrected chi connectivity index (χ2v) is 10.1. The first-order valence-corrected chi connectivity index (χ1v) is 10.1. The summed E-state index contributed by atoms with van der Waals surface area (Å²) in [6.07, 6.45) is 8.77. The minimum Gasteiger partial charge on any atom is -0.295 e. The van der Waals surface area contributed by atoms with Gasteiger partial charge in [0.1, 0.15) is 0 Å². The first-order valence-electron chi connectivity index (χ1n) is 10.1. The molecule has 128 valence electrons. The Labute approximate surface area is 145 Å². The van der Waals surface area contributed by atoms with Crippen molar-refractivity contribution in [2.24, 2.45) is 52.3 Å². The van der Waals surface area contributed by atoms with Crippen molar-refractivity contribution < 1.29 is 4.79 Å². The fourth-order valence-electron chi connectivity index (χ4n) is 8.11. The number of ketones is 1. The van der Waals surface area contributed by atoms with E-state index in [1.165, 1.54) is 24.8 Å². The molecule has 4 fully saturated rings. The first kappa shape index (κ1) is 15.2. The molecule has 0 saturated heterocycles. The van der Waals surface area contributed by atoms with Gasteiger partial charge in [0.2, 0.25) is 0 Å². The third kappa shape index (κ3) is 1.60. The quantitative estimate of drug-likeness (QED) is 0.645. The number of hydrogen-bond donors (Lipinski definition) is 0. The lowest BCUT2D eigenvalue weighted by Gasteiger charge is -2.58. The van der Waals surface area contributed by atoms with E-state index in [4.69, 9.17) is 0 Å². The highest BCUT2D eigenvalue weighted by atomic mass is 16.1. The highest BCUT2D eigenvalue weighted by molar-refractivity contribution is 5.91. The monoisotopic (exact) mass is 323 g/mol. The summed E-state index contributed by atoms with van der Waals surface area (Å²) in [6.45, 7) is 7.15. The molecule has 0 amide bonds. The van der Waals surface area contributed by atoms with E-state index in [0.717, 1.165) is 42.9 Å². The zero-order valence-electron chi connectivity index (χ0n) is 15.2. The number of allylic oxidation sites excluding steroid dienone is 1. The van der Waals surface area contributed by atoms with Crippen LogP contribution in [0.2, 0.25) is 0 Å². The van der Waals surface area contributed by atoms with Gasteiger partial charge in [-0.1, -0.05) is 19.4 Å². The van der Waals surface area contributed by atoms with Gasteiger partial charge in [0.15, 0.2) is 5.78 Å². The molecule has 9 atom stereocenters. The molecule has 2 nitrogen and oxygen atoms in total. The average molecular weight is 323 g/mol. The van der Waals surface area contributed by atoms with E-state index in [9.17, 15) is 10.1 Å². The van der Waals surface area contributed by atoms with Gasteiger partial charge in [-0.2, -0.15) is 5.26 Å². The minimum atomic E-state index is -0.105. The summed E-state index contributed by atoms with van der Waals surface area (Å²) in [6, 6.07) is 2.79. The first-order chi connectivity index (χ1) is 11.4. The zero-order chi connectivity index (χ0) is 16.9. The predicted molar refractivity (Wildman–Crippen MR) is 92.7 cm³/mol. The van der Waals surface area contributed by atoms with Crippen molar-refractivity contribution in [3.8, 4) is 6.07 Å². The molecule has 0 aromatic heterocycles. The minimum absolute atomic E-state index is 0.105. The summed E-state index contributed by atoms with van der Waals surface area (Å²) in [5.41, 5.74) is 1.58. The Kier molecular flexibility index (Phi) is 2.87. The van der Waals surface area contributed by atoms with Crippen molar-refractivity contribution >= 4 is 5.78 Å². The summed E-state index contributed by atoms with van der Waals surface area (Å²) in [5, 5.41) is 10.0. The second-order valence-electron chi connectivity index (χ2n) is 10.1. The average Bonchev–Trinajstić information content (AvgIpc) is 3.31. The topological polar surface area (TPSA) is 40.9 Å². The van der Waals surface area contributed by atoms with Gasteiger partial charge in [0.05, 0.1) is 11.5 Å². The molecule has 5 aliphatic carbocycles. The molecule has 24 heavy (non-hydrogen) atoms. The van der Waals surface area contributed by atoms with Crippen molar-refractivity contribution in [3.05, 3.63) is 11.6 Å². The highest BCUT2D eigenvalue weighted by Gasteiger charge is 2.75. The molecule has 0 aromatic rings. The molecular weight excluding hydrogens is 294 g/mol. The molecule has 0 N–H and O–H groups in total. The van der Waals surface area contributed by atoms with Gasteiger partial charge in [0, 0.05) is 6.42 Å². The maximum atomic E-state index is 11.9. The summed E-state index contributed by atoms with van der Waals surface area (Å²) in [7, 11) is 0. The third-order valence-corrected chi connectivity index (χ3v) is 9.36. The van der Waals surface area contributed by atoms with Gasteiger partial charge in [-0.15, -0.1) is 0 Å². The third-order valence-electron chi connectivity index (χ3n) is 9.36. The Balaban J connectivity index is 1.55. The van der Waals surface area contributed by atoms with Crippen LogP contribution >= 0.6 is 0 Å². The fraction of sp³-hybridized carbons (Fsp3) is 0.818. The summed E-state index contributed by atoms with van der Waals surface area (Å²) in [5.74, 6) is 5.47. The fourth-order valence-corrected chi connectivity index (χ4v) is 8.11. The molecular formula is C22H29NO. The number of rotatable bonds is 0. The van der Waals surface area contributed by atoms with Gasteiger partial charge >= 0.3 is 0 Å². The molecule has 0 aromatic carbocycles. The Morgan fingerprint density at radius 1 is 1.25 bits per heavy atom. The molecule has 0 heterocycles. The van der Waals surface area contributed by atoms with Gasteiger partial charge in [0.25, 0.3) is 0 Å². The highest BCUT2D eigenvalue weighted by Crippen LogP contribution is 2.79. The van der Waals surface area contributed by atoms with Crippen LogP contribution in [0.3, 0.4) is 0 Å². The Morgan fingerprint density at radius 3 is 2.79 bits per heavy atom. The van der Waals surface area contributed by atoms with E-state index < -0.39 is 0 Å². The molecule has 5 rings (SSSR count). The molecule has 0 aliphatic heterocycles. The molecule has 5 aliphatic rings. The Hall–Kier alpha value is -1.10. The second kappa shape index (κ2) is 4.54. The lowest BCUT2D eigenvalue weighted by molar-refractivity contribution is -0.116. The normalized spacial score (nSPS) is 57.8. The van der Waals surface area contributed by atoms with Crippen LogP contribution in [0.4, 0.5) is 0 Å². The number of carbonyl (C=O) groups is 1. The van der Waals surface area contributed by atoms with Crippen LogP contribution in [0.5, 0.6) is 0 Å². The van der Waals surface area contributed by atoms with Gasteiger partial charge in [-0.25, -0.2) is 0 Å². The summed E-state index contributed by atoms with van der Waals surface area (Å²) < 4.78 is 0. The van der Waals surface area contributed by atoms with Gasteiger partial charge in [-0.05, 0) is 91.9 Å². The Bertz CT molecular complexity index is 687. The van der Waals surface area contributed by atoms with E-state index >= 15 is 0 Å². The molecule has 0 bridgehead atoms. The van der Waals surface area contributed by atoms with E-state index in [0.29, 0.717) is 23.5 Å². The SMILES string of the molecule is C[C@H]1CC2=CC(=O)CC[C@@H]2[C@H]2CC[C@@]3(C)[C@@H]([C@@H]4C[C@@H]4[C@]3(C)C#N)[C@@H]21. The van der Waals surface area contributed by atoms with Crippen molar-refractivity contribution in [1.82, 2.24) is 0 Å². The van der Waals surface area contributed by atoms with E-state index in [1.807, 2.05) is 6.08 Å². The molecule has 0 spiro atoms. The molecule has 4 saturated carbocycles. The number of nitriles is 1. The van der Waals surface area contributed by atoms with Crippen molar-refractivity contribution in [3.63, 3.8) is 0 Å². The zero-order valence-corrected chi connectivity index (χ0v) is 15.2. The molecule has 0 radical (unpaired) electrons. The van der Waals surface area contributed by atoms with Crippen LogP contribution in [-0.2, 0) is 4.79 Å². The van der Waals surface area contributed by atoms with E-state index in [2.05, 4.69) is 26.8 Å². The Morgan fingerprint density at radius 2 is 2.04 bits per heavy atom. The lowest BCUT2D eigenvalue weighted by atomic mass is 9.45. The maximum absolute atomic E-state index is 11.9. The van der Waals surface area contributed by atoms with Crippen LogP contribution in [0.1, 0.15) is 59.3 Å². The van der Waals surface area contributed by atoms with Crippen LogP contribution in [-0.4, -0.2) is 5.78 Å². The maximum Gasteiger partial charge on any atom is 0.155 e. The van der Waals surface area contributed by atoms with Crippen molar-refractivity contribution in [2.75, 3.05) is 0 Å². The molecule has 0 unspecified atom stereocenters.